The summed E-state index contributed by atoms with van der Waals surface area (Å²) >= 11 is 3.37. The molecule has 2 N–H and O–H groups in total. The number of para-hydroxylation sites is 1. The van der Waals surface area contributed by atoms with Crippen LogP contribution >= 0.6 is 15.9 Å². The lowest BCUT2D eigenvalue weighted by molar-refractivity contribution is 0.0945. The molecule has 0 bridgehead atoms. The third kappa shape index (κ3) is 4.04. The molecule has 4 heteroatoms. The molecule has 0 radical (unpaired) electrons. The second-order valence-corrected chi connectivity index (χ2v) is 5.06. The largest absolute Gasteiger partial charge is 0.507 e. The van der Waals surface area contributed by atoms with Crippen LogP contribution in [0, 0.1) is 12.8 Å². The monoisotopic (exact) mass is 299 g/mol. The van der Waals surface area contributed by atoms with Crippen LogP contribution < -0.4 is 5.32 Å². The summed E-state index contributed by atoms with van der Waals surface area (Å²) in [5.74, 6) is 0.274. The number of rotatable bonds is 5. The van der Waals surface area contributed by atoms with Gasteiger partial charge in [-0.25, -0.2) is 0 Å². The number of nitrogens with one attached hydrogen (secondary N) is 1. The fraction of sp³-hybridized carbons (Fsp3) is 0.462. The molecular formula is C13H18BrNO2. The number of hydrogen-bond acceptors (Lipinski definition) is 2. The number of phenolic OH excluding ortho intramolecular Hbond substituents is 1. The summed E-state index contributed by atoms with van der Waals surface area (Å²) in [5, 5.41) is 13.5. The highest BCUT2D eigenvalue weighted by molar-refractivity contribution is 9.09. The van der Waals surface area contributed by atoms with Gasteiger partial charge in [0.25, 0.3) is 5.91 Å². The Morgan fingerprint density at radius 3 is 2.88 bits per heavy atom. The number of phenols is 1. The molecule has 1 aromatic rings. The van der Waals surface area contributed by atoms with Crippen molar-refractivity contribution in [2.75, 3.05) is 11.9 Å². The Morgan fingerprint density at radius 1 is 1.53 bits per heavy atom. The summed E-state index contributed by atoms with van der Waals surface area (Å²) in [6, 6.07) is 5.18. The van der Waals surface area contributed by atoms with Crippen LogP contribution in [-0.2, 0) is 0 Å². The molecule has 0 saturated carbocycles. The quantitative estimate of drug-likeness (QED) is 0.822. The first-order valence-electron chi connectivity index (χ1n) is 5.69. The number of aromatic hydroxyl groups is 1. The van der Waals surface area contributed by atoms with Crippen molar-refractivity contribution in [1.29, 1.82) is 0 Å². The molecule has 0 aromatic heterocycles. The number of halogens is 1. The van der Waals surface area contributed by atoms with Gasteiger partial charge in [-0.3, -0.25) is 4.79 Å². The summed E-state index contributed by atoms with van der Waals surface area (Å²) in [6.45, 7) is 4.48. The van der Waals surface area contributed by atoms with E-state index in [1.165, 1.54) is 0 Å². The molecule has 0 spiro atoms. The van der Waals surface area contributed by atoms with Gasteiger partial charge in [-0.2, -0.15) is 0 Å². The Balaban J connectivity index is 2.61. The van der Waals surface area contributed by atoms with Crippen molar-refractivity contribution in [3.8, 4) is 5.75 Å². The Hall–Kier alpha value is -1.03. The van der Waals surface area contributed by atoms with Gasteiger partial charge in [-0.05, 0) is 30.9 Å². The van der Waals surface area contributed by atoms with E-state index in [0.717, 1.165) is 11.8 Å². The lowest BCUT2D eigenvalue weighted by Crippen LogP contribution is -2.28. The molecule has 0 saturated heterocycles. The molecule has 0 aliphatic heterocycles. The number of aryl methyl sites for hydroxylation is 1. The van der Waals surface area contributed by atoms with Crippen LogP contribution in [0.15, 0.2) is 18.2 Å². The molecule has 17 heavy (non-hydrogen) atoms. The summed E-state index contributed by atoms with van der Waals surface area (Å²) < 4.78 is 0. The molecule has 1 atom stereocenters. The van der Waals surface area contributed by atoms with Crippen molar-refractivity contribution in [3.63, 3.8) is 0 Å². The van der Waals surface area contributed by atoms with E-state index in [1.54, 1.807) is 25.1 Å². The summed E-state index contributed by atoms with van der Waals surface area (Å²) in [5.41, 5.74) is 1.06. The number of alkyl halides is 1. The van der Waals surface area contributed by atoms with E-state index in [2.05, 4.69) is 28.2 Å². The molecule has 0 aliphatic rings. The van der Waals surface area contributed by atoms with Crippen LogP contribution in [-0.4, -0.2) is 22.9 Å². The topological polar surface area (TPSA) is 49.3 Å². The minimum Gasteiger partial charge on any atom is -0.507 e. The smallest absolute Gasteiger partial charge is 0.255 e. The van der Waals surface area contributed by atoms with Crippen LogP contribution in [0.2, 0.25) is 0 Å². The molecule has 1 aromatic carbocycles. The zero-order valence-corrected chi connectivity index (χ0v) is 11.8. The molecule has 94 valence electrons. The average Bonchev–Trinajstić information content (AvgIpc) is 2.30. The second-order valence-electron chi connectivity index (χ2n) is 4.26. The lowest BCUT2D eigenvalue weighted by atomic mass is 10.1. The second kappa shape index (κ2) is 6.64. The van der Waals surface area contributed by atoms with Crippen molar-refractivity contribution in [3.05, 3.63) is 29.3 Å². The average molecular weight is 300 g/mol. The predicted molar refractivity (Wildman–Crippen MR) is 72.8 cm³/mol. The third-order valence-corrected chi connectivity index (χ3v) is 3.15. The van der Waals surface area contributed by atoms with E-state index in [-0.39, 0.29) is 11.7 Å². The normalized spacial score (nSPS) is 12.2. The number of carbonyl (C=O) groups is 1. The van der Waals surface area contributed by atoms with E-state index >= 15 is 0 Å². The Bertz CT molecular complexity index is 393. The molecule has 0 heterocycles. The van der Waals surface area contributed by atoms with E-state index < -0.39 is 0 Å². The van der Waals surface area contributed by atoms with Gasteiger partial charge >= 0.3 is 0 Å². The van der Waals surface area contributed by atoms with Gasteiger partial charge in [0.1, 0.15) is 5.75 Å². The molecule has 1 amide bonds. The minimum atomic E-state index is -0.215. The fourth-order valence-electron chi connectivity index (χ4n) is 1.49. The number of carbonyl (C=O) groups excluding carboxylic acids is 1. The van der Waals surface area contributed by atoms with Crippen molar-refractivity contribution in [2.45, 2.75) is 20.3 Å². The van der Waals surface area contributed by atoms with Crippen LogP contribution in [0.1, 0.15) is 29.3 Å². The number of benzene rings is 1. The Labute approximate surface area is 110 Å². The van der Waals surface area contributed by atoms with E-state index in [4.69, 9.17) is 0 Å². The van der Waals surface area contributed by atoms with Crippen molar-refractivity contribution >= 4 is 21.8 Å². The molecule has 3 nitrogen and oxygen atoms in total. The van der Waals surface area contributed by atoms with Crippen LogP contribution in [0.4, 0.5) is 0 Å². The van der Waals surface area contributed by atoms with Gasteiger partial charge < -0.3 is 10.4 Å². The molecule has 0 fully saturated rings. The van der Waals surface area contributed by atoms with Crippen molar-refractivity contribution in [1.82, 2.24) is 5.32 Å². The first-order valence-corrected chi connectivity index (χ1v) is 6.81. The van der Waals surface area contributed by atoms with Gasteiger partial charge in [0, 0.05) is 11.9 Å². The Kier molecular flexibility index (Phi) is 5.48. The molecular weight excluding hydrogens is 282 g/mol. The third-order valence-electron chi connectivity index (χ3n) is 2.70. The van der Waals surface area contributed by atoms with E-state index in [9.17, 15) is 9.90 Å². The number of hydrogen-bond donors (Lipinski definition) is 2. The number of amides is 1. The highest BCUT2D eigenvalue weighted by atomic mass is 79.9. The highest BCUT2D eigenvalue weighted by Crippen LogP contribution is 2.21. The molecule has 0 aliphatic carbocycles. The predicted octanol–water partition coefficient (Wildman–Crippen LogP) is 2.85. The van der Waals surface area contributed by atoms with E-state index in [1.807, 2.05) is 0 Å². The molecule has 1 unspecified atom stereocenters. The maximum atomic E-state index is 11.8. The zero-order chi connectivity index (χ0) is 12.8. The molecule has 1 rings (SSSR count). The minimum absolute atomic E-state index is 0.0677. The SMILES string of the molecule is Cc1cccc(C(=O)NCC(C)CCBr)c1O. The maximum Gasteiger partial charge on any atom is 0.255 e. The van der Waals surface area contributed by atoms with Crippen molar-refractivity contribution in [2.24, 2.45) is 5.92 Å². The van der Waals surface area contributed by atoms with E-state index in [0.29, 0.717) is 23.6 Å². The zero-order valence-electron chi connectivity index (χ0n) is 10.2. The van der Waals surface area contributed by atoms with Gasteiger partial charge in [0.2, 0.25) is 0 Å². The van der Waals surface area contributed by atoms with Crippen molar-refractivity contribution < 1.29 is 9.90 Å². The van der Waals surface area contributed by atoms with Crippen LogP contribution in [0.3, 0.4) is 0 Å². The first-order chi connectivity index (χ1) is 8.06. The van der Waals surface area contributed by atoms with Gasteiger partial charge in [0.05, 0.1) is 5.56 Å². The van der Waals surface area contributed by atoms with Crippen LogP contribution in [0.5, 0.6) is 5.75 Å². The van der Waals surface area contributed by atoms with Crippen LogP contribution in [0.25, 0.3) is 0 Å². The standard InChI is InChI=1S/C13H18BrNO2/c1-9(6-7-14)8-15-13(17)11-5-3-4-10(2)12(11)16/h3-5,9,16H,6-8H2,1-2H3,(H,15,17). The van der Waals surface area contributed by atoms with Gasteiger partial charge in [-0.1, -0.05) is 35.0 Å². The van der Waals surface area contributed by atoms with Gasteiger partial charge in [0.15, 0.2) is 0 Å². The first kappa shape index (κ1) is 14.0. The summed E-state index contributed by atoms with van der Waals surface area (Å²) in [6.07, 6.45) is 1.01. The Morgan fingerprint density at radius 2 is 2.24 bits per heavy atom. The van der Waals surface area contributed by atoms with Gasteiger partial charge in [-0.15, -0.1) is 0 Å². The fourth-order valence-corrected chi connectivity index (χ4v) is 2.27. The lowest BCUT2D eigenvalue weighted by Gasteiger charge is -2.12. The summed E-state index contributed by atoms with van der Waals surface area (Å²) in [7, 11) is 0. The highest BCUT2D eigenvalue weighted by Gasteiger charge is 2.12. The maximum absolute atomic E-state index is 11.8. The summed E-state index contributed by atoms with van der Waals surface area (Å²) in [4.78, 5) is 11.8.